The lowest BCUT2D eigenvalue weighted by Crippen LogP contribution is -2.29. The average molecular weight is 866 g/mol. The van der Waals surface area contributed by atoms with Crippen LogP contribution in [0.4, 0.5) is 0 Å². The molecular weight excluding hydrogens is 778 g/mol. The lowest BCUT2D eigenvalue weighted by Gasteiger charge is -2.19. The fourth-order valence-electron chi connectivity index (χ4n) is 6.35. The Hall–Kier alpha value is -2.33. The summed E-state index contributed by atoms with van der Waals surface area (Å²) in [5.74, 6) is -0.911. The molecule has 11 heteroatoms. The summed E-state index contributed by atoms with van der Waals surface area (Å²) in [5.41, 5.74) is 5.35. The van der Waals surface area contributed by atoms with E-state index in [9.17, 15) is 24.2 Å². The van der Waals surface area contributed by atoms with Gasteiger partial charge in [-0.25, -0.2) is 4.57 Å². The zero-order chi connectivity index (χ0) is 44.0. The number of hydrogen-bond donors (Lipinski definition) is 3. The number of phosphoric acid groups is 1. The molecule has 0 saturated carbocycles. The quantitative estimate of drug-likeness (QED) is 0.0233. The minimum Gasteiger partial charge on any atom is -0.462 e. The Balaban J connectivity index is 4.17. The molecule has 4 N–H and O–H groups in total. The molecule has 0 radical (unpaired) electrons. The average Bonchev–Trinajstić information content (AvgIpc) is 3.22. The van der Waals surface area contributed by atoms with Crippen LogP contribution in [0.3, 0.4) is 0 Å². The summed E-state index contributed by atoms with van der Waals surface area (Å²) in [4.78, 5) is 34.9. The molecule has 0 fully saturated rings. The van der Waals surface area contributed by atoms with E-state index in [-0.39, 0.29) is 38.7 Å². The van der Waals surface area contributed by atoms with Crippen molar-refractivity contribution in [1.82, 2.24) is 0 Å². The third-order valence-corrected chi connectivity index (χ3v) is 10.9. The molecule has 1 unspecified atom stereocenters. The molecule has 0 spiro atoms. The molecule has 0 aliphatic heterocycles. The van der Waals surface area contributed by atoms with Gasteiger partial charge in [0.2, 0.25) is 0 Å². The highest BCUT2D eigenvalue weighted by atomic mass is 31.2. The van der Waals surface area contributed by atoms with Crippen LogP contribution in [0.15, 0.2) is 60.8 Å². The van der Waals surface area contributed by atoms with E-state index in [1.54, 1.807) is 0 Å². The second-order valence-corrected chi connectivity index (χ2v) is 17.4. The Labute approximate surface area is 366 Å². The highest BCUT2D eigenvalue weighted by molar-refractivity contribution is 7.47. The van der Waals surface area contributed by atoms with Crippen molar-refractivity contribution in [1.29, 1.82) is 0 Å². The number of aliphatic hydroxyl groups is 1. The Morgan fingerprint density at radius 3 is 1.52 bits per heavy atom. The van der Waals surface area contributed by atoms with Gasteiger partial charge >= 0.3 is 19.8 Å². The third-order valence-electron chi connectivity index (χ3n) is 9.89. The van der Waals surface area contributed by atoms with Crippen molar-refractivity contribution in [3.8, 4) is 0 Å². The first-order chi connectivity index (χ1) is 29.2. The predicted molar refractivity (Wildman–Crippen MR) is 249 cm³/mol. The molecule has 348 valence electrons. The van der Waals surface area contributed by atoms with Crippen molar-refractivity contribution in [2.24, 2.45) is 5.73 Å². The van der Waals surface area contributed by atoms with Gasteiger partial charge in [0, 0.05) is 19.4 Å². The van der Waals surface area contributed by atoms with Gasteiger partial charge in [0.25, 0.3) is 0 Å². The molecule has 0 aliphatic rings. The van der Waals surface area contributed by atoms with Gasteiger partial charge in [0.1, 0.15) is 6.61 Å². The summed E-state index contributed by atoms with van der Waals surface area (Å²) >= 11 is 0. The van der Waals surface area contributed by atoms with E-state index in [1.807, 2.05) is 13.0 Å². The Kier molecular flexibility index (Phi) is 43.0. The van der Waals surface area contributed by atoms with E-state index >= 15 is 0 Å². The highest BCUT2D eigenvalue weighted by Gasteiger charge is 2.26. The van der Waals surface area contributed by atoms with Crippen LogP contribution >= 0.6 is 7.82 Å². The SMILES string of the molecule is CCCCCCCC/C=C\CCCCCCCCCCCCCC(=O)O[C@H](COC(=O)CCC/C=C\C/C=C\C/C=C\C/C=C\CCC[C@@H](C)O)COP(=O)(O)OCCN. The van der Waals surface area contributed by atoms with E-state index in [1.165, 1.54) is 96.3 Å². The molecule has 0 aromatic rings. The van der Waals surface area contributed by atoms with E-state index in [2.05, 4.69) is 61.6 Å². The number of nitrogens with two attached hydrogens (primary N) is 1. The van der Waals surface area contributed by atoms with E-state index in [0.717, 1.165) is 64.2 Å². The number of rotatable bonds is 44. The van der Waals surface area contributed by atoms with Crippen LogP contribution in [0.2, 0.25) is 0 Å². The van der Waals surface area contributed by atoms with Crippen molar-refractivity contribution in [3.05, 3.63) is 60.8 Å². The maximum atomic E-state index is 12.6. The van der Waals surface area contributed by atoms with Gasteiger partial charge in [-0.3, -0.25) is 18.6 Å². The molecule has 60 heavy (non-hydrogen) atoms. The maximum absolute atomic E-state index is 12.6. The zero-order valence-electron chi connectivity index (χ0n) is 38.0. The van der Waals surface area contributed by atoms with Crippen LogP contribution in [-0.2, 0) is 32.7 Å². The number of ether oxygens (including phenoxy) is 2. The summed E-state index contributed by atoms with van der Waals surface area (Å²) in [6.07, 6.45) is 51.1. The summed E-state index contributed by atoms with van der Waals surface area (Å²) in [7, 11) is -4.40. The number of allylic oxidation sites excluding steroid dienone is 10. The second-order valence-electron chi connectivity index (χ2n) is 15.9. The first kappa shape index (κ1) is 57.7. The standard InChI is InChI=1S/C49H88NO9P/c1-3-4-5-6-7-8-9-10-11-12-13-14-15-16-19-23-26-29-32-35-38-41-49(53)59-47(45-58-60(54,55)57-43-42-50)44-56-48(52)40-37-34-31-28-25-22-20-17-18-21-24-27-30-33-36-39-46(2)51/h10-11,18,20-22,27-28,30-31,46-47,51H,3-9,12-17,19,23-26,29,32-45,50H2,1-2H3,(H,54,55)/b11-10-,21-18-,22-20-,30-27-,31-28-/t46-,47-/m1/s1. The molecule has 0 aromatic heterocycles. The zero-order valence-corrected chi connectivity index (χ0v) is 38.9. The summed E-state index contributed by atoms with van der Waals surface area (Å²) in [5, 5.41) is 9.27. The van der Waals surface area contributed by atoms with Crippen LogP contribution in [0, 0.1) is 0 Å². The fraction of sp³-hybridized carbons (Fsp3) is 0.755. The lowest BCUT2D eigenvalue weighted by molar-refractivity contribution is -0.161. The normalized spacial score (nSPS) is 14.3. The lowest BCUT2D eigenvalue weighted by atomic mass is 10.0. The first-order valence-corrected chi connectivity index (χ1v) is 25.3. The Bertz CT molecular complexity index is 1180. The van der Waals surface area contributed by atoms with E-state index in [4.69, 9.17) is 24.3 Å². The number of carbonyl (C=O) groups is 2. The molecule has 0 aliphatic carbocycles. The molecule has 0 rings (SSSR count). The highest BCUT2D eigenvalue weighted by Crippen LogP contribution is 2.43. The van der Waals surface area contributed by atoms with Gasteiger partial charge in [-0.2, -0.15) is 0 Å². The van der Waals surface area contributed by atoms with Gasteiger partial charge in [0.15, 0.2) is 6.10 Å². The van der Waals surface area contributed by atoms with Crippen molar-refractivity contribution >= 4 is 19.8 Å². The predicted octanol–water partition coefficient (Wildman–Crippen LogP) is 13.0. The van der Waals surface area contributed by atoms with Crippen molar-refractivity contribution in [3.63, 3.8) is 0 Å². The monoisotopic (exact) mass is 866 g/mol. The minimum absolute atomic E-state index is 0.0392. The number of esters is 2. The number of hydrogen-bond acceptors (Lipinski definition) is 9. The van der Waals surface area contributed by atoms with E-state index < -0.39 is 32.5 Å². The maximum Gasteiger partial charge on any atom is 0.472 e. The van der Waals surface area contributed by atoms with Crippen molar-refractivity contribution < 1.29 is 42.7 Å². The number of aliphatic hydroxyl groups excluding tert-OH is 1. The van der Waals surface area contributed by atoms with Crippen LogP contribution < -0.4 is 5.73 Å². The van der Waals surface area contributed by atoms with Gasteiger partial charge < -0.3 is 25.2 Å². The minimum atomic E-state index is -4.40. The Morgan fingerprint density at radius 2 is 1.00 bits per heavy atom. The Morgan fingerprint density at radius 1 is 0.567 bits per heavy atom. The van der Waals surface area contributed by atoms with Crippen LogP contribution in [0.25, 0.3) is 0 Å². The van der Waals surface area contributed by atoms with E-state index in [0.29, 0.717) is 12.8 Å². The molecule has 0 amide bonds. The summed E-state index contributed by atoms with van der Waals surface area (Å²) in [6, 6.07) is 0. The van der Waals surface area contributed by atoms with Gasteiger partial charge in [-0.1, -0.05) is 158 Å². The van der Waals surface area contributed by atoms with Gasteiger partial charge in [0.05, 0.1) is 19.3 Å². The number of phosphoric ester groups is 1. The molecule has 0 bridgehead atoms. The number of carbonyl (C=O) groups excluding carboxylic acids is 2. The largest absolute Gasteiger partial charge is 0.472 e. The van der Waals surface area contributed by atoms with Crippen LogP contribution in [-0.4, -0.2) is 60.5 Å². The molecule has 10 nitrogen and oxygen atoms in total. The van der Waals surface area contributed by atoms with Gasteiger partial charge in [-0.15, -0.1) is 0 Å². The van der Waals surface area contributed by atoms with Gasteiger partial charge in [-0.05, 0) is 90.4 Å². The first-order valence-electron chi connectivity index (χ1n) is 23.8. The molecular formula is C49H88NO9P. The fourth-order valence-corrected chi connectivity index (χ4v) is 7.11. The summed E-state index contributed by atoms with van der Waals surface area (Å²) < 4.78 is 32.8. The molecule has 0 saturated heterocycles. The smallest absolute Gasteiger partial charge is 0.462 e. The van der Waals surface area contributed by atoms with Crippen LogP contribution in [0.1, 0.15) is 200 Å². The molecule has 3 atom stereocenters. The molecule has 0 aromatic carbocycles. The third kappa shape index (κ3) is 45.2. The summed E-state index contributed by atoms with van der Waals surface area (Å²) in [6.45, 7) is 3.22. The molecule has 0 heterocycles. The van der Waals surface area contributed by atoms with Crippen molar-refractivity contribution in [2.45, 2.75) is 212 Å². The van der Waals surface area contributed by atoms with Crippen molar-refractivity contribution in [2.75, 3.05) is 26.4 Å². The topological polar surface area (TPSA) is 155 Å². The number of unbranched alkanes of at least 4 members (excludes halogenated alkanes) is 19. The second kappa shape index (κ2) is 44.7. The van der Waals surface area contributed by atoms with Crippen LogP contribution in [0.5, 0.6) is 0 Å².